The summed E-state index contributed by atoms with van der Waals surface area (Å²) in [4.78, 5) is 4.78. The van der Waals surface area contributed by atoms with Gasteiger partial charge in [-0.2, -0.15) is 0 Å². The van der Waals surface area contributed by atoms with Gasteiger partial charge in [0.05, 0.1) is 16.7 Å². The van der Waals surface area contributed by atoms with Crippen molar-refractivity contribution in [3.8, 4) is 0 Å². The van der Waals surface area contributed by atoms with E-state index in [1.54, 1.807) is 0 Å². The zero-order chi connectivity index (χ0) is 15.5. The summed E-state index contributed by atoms with van der Waals surface area (Å²) in [5.41, 5.74) is 2.74. The Labute approximate surface area is 132 Å². The highest BCUT2D eigenvalue weighted by atomic mass is 16.7. The van der Waals surface area contributed by atoms with E-state index >= 15 is 0 Å². The molecule has 1 saturated heterocycles. The van der Waals surface area contributed by atoms with Crippen LogP contribution in [0.25, 0.3) is 10.9 Å². The van der Waals surface area contributed by atoms with Gasteiger partial charge in [0.1, 0.15) is 0 Å². The van der Waals surface area contributed by atoms with Crippen molar-refractivity contribution < 1.29 is 9.31 Å². The van der Waals surface area contributed by atoms with Gasteiger partial charge in [-0.15, -0.1) is 0 Å². The molecule has 0 bridgehead atoms. The third-order valence-electron chi connectivity index (χ3n) is 5.26. The number of fused-ring (bicyclic) bond motifs is 1. The van der Waals surface area contributed by atoms with E-state index in [0.29, 0.717) is 5.92 Å². The predicted octanol–water partition coefficient (Wildman–Crippen LogP) is 3.41. The van der Waals surface area contributed by atoms with E-state index in [0.717, 1.165) is 16.4 Å². The van der Waals surface area contributed by atoms with Crippen LogP contribution in [0, 0.1) is 0 Å². The summed E-state index contributed by atoms with van der Waals surface area (Å²) in [7, 11) is -0.308. The molecule has 22 heavy (non-hydrogen) atoms. The van der Waals surface area contributed by atoms with Crippen molar-refractivity contribution in [3.05, 3.63) is 36.0 Å². The van der Waals surface area contributed by atoms with Crippen LogP contribution in [-0.4, -0.2) is 23.3 Å². The minimum absolute atomic E-state index is 0.305. The number of rotatable bonds is 2. The quantitative estimate of drug-likeness (QED) is 0.796. The number of nitrogens with zero attached hydrogens (tertiary/aromatic N) is 1. The van der Waals surface area contributed by atoms with E-state index in [1.165, 1.54) is 18.5 Å². The van der Waals surface area contributed by atoms with Crippen LogP contribution in [0.4, 0.5) is 0 Å². The second-order valence-electron chi connectivity index (χ2n) is 7.55. The lowest BCUT2D eigenvalue weighted by molar-refractivity contribution is 0.00578. The molecule has 0 amide bonds. The minimum Gasteiger partial charge on any atom is -0.399 e. The summed E-state index contributed by atoms with van der Waals surface area (Å²) in [6, 6.07) is 10.6. The molecule has 1 aliphatic heterocycles. The highest BCUT2D eigenvalue weighted by Gasteiger charge is 2.51. The second-order valence-corrected chi connectivity index (χ2v) is 7.55. The molecule has 2 aliphatic rings. The van der Waals surface area contributed by atoms with E-state index in [1.807, 2.05) is 0 Å². The number of pyridine rings is 1. The van der Waals surface area contributed by atoms with Gasteiger partial charge in [-0.05, 0) is 63.5 Å². The first kappa shape index (κ1) is 14.2. The van der Waals surface area contributed by atoms with Gasteiger partial charge in [-0.3, -0.25) is 4.98 Å². The van der Waals surface area contributed by atoms with Crippen molar-refractivity contribution in [2.24, 2.45) is 0 Å². The average molecular weight is 295 g/mol. The second kappa shape index (κ2) is 4.56. The van der Waals surface area contributed by atoms with Crippen molar-refractivity contribution in [3.63, 3.8) is 0 Å². The summed E-state index contributed by atoms with van der Waals surface area (Å²) < 4.78 is 12.3. The summed E-state index contributed by atoms with van der Waals surface area (Å²) in [6.07, 6.45) is 2.56. The molecule has 2 aromatic rings. The predicted molar refractivity (Wildman–Crippen MR) is 89.4 cm³/mol. The Balaban J connectivity index is 1.67. The first-order valence-corrected chi connectivity index (χ1v) is 8.12. The highest BCUT2D eigenvalue weighted by Crippen LogP contribution is 2.39. The zero-order valence-corrected chi connectivity index (χ0v) is 13.7. The Morgan fingerprint density at radius 2 is 1.68 bits per heavy atom. The van der Waals surface area contributed by atoms with Crippen LogP contribution in [-0.2, 0) is 9.31 Å². The maximum atomic E-state index is 6.13. The number of hydrogen-bond acceptors (Lipinski definition) is 3. The monoisotopic (exact) mass is 295 g/mol. The van der Waals surface area contributed by atoms with Gasteiger partial charge in [0.15, 0.2) is 0 Å². The minimum atomic E-state index is -0.308. The third-order valence-corrected chi connectivity index (χ3v) is 5.26. The van der Waals surface area contributed by atoms with Crippen molar-refractivity contribution in [1.29, 1.82) is 0 Å². The van der Waals surface area contributed by atoms with Crippen LogP contribution in [0.3, 0.4) is 0 Å². The van der Waals surface area contributed by atoms with Crippen LogP contribution in [0.2, 0.25) is 0 Å². The molecule has 1 aromatic carbocycles. The van der Waals surface area contributed by atoms with Crippen LogP contribution < -0.4 is 5.46 Å². The van der Waals surface area contributed by atoms with Crippen LogP contribution >= 0.6 is 0 Å². The van der Waals surface area contributed by atoms with Crippen LogP contribution in [0.5, 0.6) is 0 Å². The summed E-state index contributed by atoms with van der Waals surface area (Å²) in [5.74, 6) is 0.687. The smallest absolute Gasteiger partial charge is 0.399 e. The van der Waals surface area contributed by atoms with E-state index in [2.05, 4.69) is 58.0 Å². The number of benzene rings is 1. The van der Waals surface area contributed by atoms with Crippen LogP contribution in [0.15, 0.2) is 30.3 Å². The van der Waals surface area contributed by atoms with Gasteiger partial charge in [-0.1, -0.05) is 18.2 Å². The molecule has 0 radical (unpaired) electrons. The summed E-state index contributed by atoms with van der Waals surface area (Å²) in [6.45, 7) is 8.32. The van der Waals surface area contributed by atoms with Gasteiger partial charge in [-0.25, -0.2) is 0 Å². The van der Waals surface area contributed by atoms with E-state index in [4.69, 9.17) is 14.3 Å². The molecule has 1 aliphatic carbocycles. The molecule has 2 fully saturated rings. The Morgan fingerprint density at radius 3 is 2.32 bits per heavy atom. The average Bonchev–Trinajstić information content (AvgIpc) is 3.26. The molecule has 3 nitrogen and oxygen atoms in total. The number of aromatic nitrogens is 1. The SMILES string of the molecule is CC1(C)OB(c2ccc3nc(C4CC4)ccc3c2)OC1(C)C. The molecule has 114 valence electrons. The lowest BCUT2D eigenvalue weighted by Crippen LogP contribution is -2.41. The first-order chi connectivity index (χ1) is 10.4. The van der Waals surface area contributed by atoms with Crippen molar-refractivity contribution >= 4 is 23.5 Å². The summed E-state index contributed by atoms with van der Waals surface area (Å²) in [5, 5.41) is 1.15. The fourth-order valence-electron chi connectivity index (χ4n) is 2.89. The molecule has 0 N–H and O–H groups in total. The zero-order valence-electron chi connectivity index (χ0n) is 13.7. The summed E-state index contributed by atoms with van der Waals surface area (Å²) >= 11 is 0. The molecule has 0 atom stereocenters. The normalized spacial score (nSPS) is 23.2. The van der Waals surface area contributed by atoms with Gasteiger partial charge in [0.2, 0.25) is 0 Å². The molecule has 0 unspecified atom stereocenters. The van der Waals surface area contributed by atoms with E-state index in [9.17, 15) is 0 Å². The van der Waals surface area contributed by atoms with Crippen molar-refractivity contribution in [2.45, 2.75) is 57.7 Å². The molecule has 1 saturated carbocycles. The third kappa shape index (κ3) is 2.25. The van der Waals surface area contributed by atoms with Crippen LogP contribution in [0.1, 0.15) is 52.1 Å². The molecule has 2 heterocycles. The van der Waals surface area contributed by atoms with Gasteiger partial charge < -0.3 is 9.31 Å². The standard InChI is InChI=1S/C18H22BNO2/c1-17(2)18(3,4)22-19(21-17)14-8-10-16-13(11-14)7-9-15(20-16)12-5-6-12/h7-12H,5-6H2,1-4H3. The topological polar surface area (TPSA) is 31.4 Å². The molecule has 4 heteroatoms. The molecular weight excluding hydrogens is 273 g/mol. The van der Waals surface area contributed by atoms with Gasteiger partial charge >= 0.3 is 7.12 Å². The Hall–Kier alpha value is -1.39. The fraction of sp³-hybridized carbons (Fsp3) is 0.500. The maximum Gasteiger partial charge on any atom is 0.494 e. The highest BCUT2D eigenvalue weighted by molar-refractivity contribution is 6.62. The lowest BCUT2D eigenvalue weighted by Gasteiger charge is -2.32. The fourth-order valence-corrected chi connectivity index (χ4v) is 2.89. The molecule has 0 spiro atoms. The Bertz CT molecular complexity index is 721. The lowest BCUT2D eigenvalue weighted by atomic mass is 9.78. The Morgan fingerprint density at radius 1 is 1.00 bits per heavy atom. The number of hydrogen-bond donors (Lipinski definition) is 0. The molecule has 1 aromatic heterocycles. The van der Waals surface area contributed by atoms with E-state index in [-0.39, 0.29) is 18.3 Å². The first-order valence-electron chi connectivity index (χ1n) is 8.12. The van der Waals surface area contributed by atoms with Crippen molar-refractivity contribution in [1.82, 2.24) is 4.98 Å². The largest absolute Gasteiger partial charge is 0.494 e. The van der Waals surface area contributed by atoms with Gasteiger partial charge in [0.25, 0.3) is 0 Å². The van der Waals surface area contributed by atoms with Gasteiger partial charge in [0, 0.05) is 11.6 Å². The Kier molecular flexibility index (Phi) is 2.95. The van der Waals surface area contributed by atoms with Crippen molar-refractivity contribution in [2.75, 3.05) is 0 Å². The molecule has 4 rings (SSSR count). The molecular formula is C18H22BNO2. The maximum absolute atomic E-state index is 6.13. The van der Waals surface area contributed by atoms with E-state index < -0.39 is 0 Å².